The Morgan fingerprint density at radius 1 is 1.33 bits per heavy atom. The molecule has 0 unspecified atom stereocenters. The predicted octanol–water partition coefficient (Wildman–Crippen LogP) is 3.15. The van der Waals surface area contributed by atoms with Crippen LogP contribution in [0.5, 0.6) is 0 Å². The second-order valence-corrected chi connectivity index (χ2v) is 7.21. The van der Waals surface area contributed by atoms with Crippen molar-refractivity contribution in [2.45, 2.75) is 57.6 Å². The zero-order valence-corrected chi connectivity index (χ0v) is 14.3. The second kappa shape index (κ2) is 7.51. The summed E-state index contributed by atoms with van der Waals surface area (Å²) in [6.45, 7) is 3.42. The molecule has 0 aromatic heterocycles. The van der Waals surface area contributed by atoms with Crippen LogP contribution < -0.4 is 10.2 Å². The maximum Gasteiger partial charge on any atom is 0.220 e. The number of hydrogen-bond donors (Lipinski definition) is 2. The number of carbonyl (C=O) groups excluding carboxylic acids is 1. The SMILES string of the molecule is C[C@@H](NC(=O)CC1CCC1)c1cc(F)ccc1N1CCC(O)CC1. The van der Waals surface area contributed by atoms with E-state index in [-0.39, 0.29) is 23.9 Å². The van der Waals surface area contributed by atoms with Crippen molar-refractivity contribution in [2.24, 2.45) is 5.92 Å². The minimum absolute atomic E-state index is 0.0523. The fourth-order valence-corrected chi connectivity index (χ4v) is 3.60. The molecule has 1 aliphatic carbocycles. The highest BCUT2D eigenvalue weighted by molar-refractivity contribution is 5.77. The standard InChI is InChI=1S/C19H27FN2O2/c1-13(21-19(24)11-14-3-2-4-14)17-12-15(20)5-6-18(17)22-9-7-16(23)8-10-22/h5-6,12-14,16,23H,2-4,7-11H2,1H3,(H,21,24)/t13-/m1/s1. The van der Waals surface area contributed by atoms with E-state index in [0.717, 1.165) is 50.0 Å². The molecule has 1 saturated heterocycles. The molecule has 0 radical (unpaired) electrons. The molecule has 132 valence electrons. The minimum atomic E-state index is -0.286. The third-order valence-corrected chi connectivity index (χ3v) is 5.34. The van der Waals surface area contributed by atoms with Gasteiger partial charge < -0.3 is 15.3 Å². The van der Waals surface area contributed by atoms with Crippen molar-refractivity contribution in [3.63, 3.8) is 0 Å². The first kappa shape index (κ1) is 17.2. The van der Waals surface area contributed by atoms with Gasteiger partial charge >= 0.3 is 0 Å². The molecular weight excluding hydrogens is 307 g/mol. The molecule has 1 atom stereocenters. The topological polar surface area (TPSA) is 52.6 Å². The molecule has 0 bridgehead atoms. The van der Waals surface area contributed by atoms with E-state index in [9.17, 15) is 14.3 Å². The molecule has 24 heavy (non-hydrogen) atoms. The Labute approximate surface area is 143 Å². The zero-order chi connectivity index (χ0) is 17.1. The Kier molecular flexibility index (Phi) is 5.39. The van der Waals surface area contributed by atoms with E-state index in [1.807, 2.05) is 6.92 Å². The van der Waals surface area contributed by atoms with Crippen LogP contribution in [0, 0.1) is 11.7 Å². The number of anilines is 1. The van der Waals surface area contributed by atoms with Crippen LogP contribution in [0.1, 0.15) is 57.1 Å². The lowest BCUT2D eigenvalue weighted by atomic mass is 9.83. The third-order valence-electron chi connectivity index (χ3n) is 5.34. The quantitative estimate of drug-likeness (QED) is 0.870. The number of amides is 1. The molecule has 1 aromatic carbocycles. The maximum absolute atomic E-state index is 13.8. The van der Waals surface area contributed by atoms with Crippen LogP contribution in [0.2, 0.25) is 0 Å². The van der Waals surface area contributed by atoms with Gasteiger partial charge in [0.05, 0.1) is 12.1 Å². The highest BCUT2D eigenvalue weighted by atomic mass is 19.1. The summed E-state index contributed by atoms with van der Waals surface area (Å²) in [5, 5.41) is 12.7. The summed E-state index contributed by atoms with van der Waals surface area (Å²) >= 11 is 0. The molecule has 2 fully saturated rings. The van der Waals surface area contributed by atoms with E-state index in [1.165, 1.54) is 18.6 Å². The summed E-state index contributed by atoms with van der Waals surface area (Å²) < 4.78 is 13.8. The van der Waals surface area contributed by atoms with E-state index in [1.54, 1.807) is 6.07 Å². The molecule has 2 aliphatic rings. The Bertz CT molecular complexity index is 581. The average Bonchev–Trinajstić information content (AvgIpc) is 2.52. The summed E-state index contributed by atoms with van der Waals surface area (Å²) in [5.41, 5.74) is 1.77. The molecule has 1 heterocycles. The summed E-state index contributed by atoms with van der Waals surface area (Å²) in [4.78, 5) is 14.4. The van der Waals surface area contributed by atoms with E-state index in [2.05, 4.69) is 10.2 Å². The molecule has 4 nitrogen and oxygen atoms in total. The summed E-state index contributed by atoms with van der Waals surface area (Å²) in [6, 6.07) is 4.55. The van der Waals surface area contributed by atoms with Crippen molar-refractivity contribution in [3.8, 4) is 0 Å². The maximum atomic E-state index is 13.8. The Balaban J connectivity index is 1.70. The van der Waals surface area contributed by atoms with Gasteiger partial charge in [-0.3, -0.25) is 4.79 Å². The zero-order valence-electron chi connectivity index (χ0n) is 14.3. The van der Waals surface area contributed by atoms with Gasteiger partial charge in [-0.25, -0.2) is 4.39 Å². The summed E-state index contributed by atoms with van der Waals surface area (Å²) in [6.07, 6.45) is 5.28. The molecule has 1 aliphatic heterocycles. The smallest absolute Gasteiger partial charge is 0.220 e. The number of nitrogens with one attached hydrogen (secondary N) is 1. The van der Waals surface area contributed by atoms with Crippen LogP contribution in [-0.2, 0) is 4.79 Å². The molecule has 1 saturated carbocycles. The number of hydrogen-bond acceptors (Lipinski definition) is 3. The fraction of sp³-hybridized carbons (Fsp3) is 0.632. The van der Waals surface area contributed by atoms with Crippen LogP contribution in [0.15, 0.2) is 18.2 Å². The lowest BCUT2D eigenvalue weighted by Gasteiger charge is -2.34. The van der Waals surface area contributed by atoms with Crippen LogP contribution in [0.25, 0.3) is 0 Å². The molecular formula is C19H27FN2O2. The summed E-state index contributed by atoms with van der Waals surface area (Å²) in [5.74, 6) is 0.287. The van der Waals surface area contributed by atoms with Crippen LogP contribution in [0.3, 0.4) is 0 Å². The van der Waals surface area contributed by atoms with Gasteiger partial charge in [0.2, 0.25) is 5.91 Å². The number of aliphatic hydroxyl groups is 1. The van der Waals surface area contributed by atoms with E-state index in [0.29, 0.717) is 12.3 Å². The number of aliphatic hydroxyl groups excluding tert-OH is 1. The monoisotopic (exact) mass is 334 g/mol. The lowest BCUT2D eigenvalue weighted by Crippen LogP contribution is -2.37. The number of nitrogens with zero attached hydrogens (tertiary/aromatic N) is 1. The highest BCUT2D eigenvalue weighted by Crippen LogP contribution is 2.31. The normalized spacial score (nSPS) is 20.5. The molecule has 0 spiro atoms. The average molecular weight is 334 g/mol. The van der Waals surface area contributed by atoms with Gasteiger partial charge in [0, 0.05) is 30.8 Å². The van der Waals surface area contributed by atoms with Crippen molar-refractivity contribution in [1.29, 1.82) is 0 Å². The predicted molar refractivity (Wildman–Crippen MR) is 92.4 cm³/mol. The highest BCUT2D eigenvalue weighted by Gasteiger charge is 2.24. The minimum Gasteiger partial charge on any atom is -0.393 e. The van der Waals surface area contributed by atoms with Gasteiger partial charge in [0.25, 0.3) is 0 Å². The Hall–Kier alpha value is -1.62. The van der Waals surface area contributed by atoms with Gasteiger partial charge in [-0.2, -0.15) is 0 Å². The molecule has 2 N–H and O–H groups in total. The van der Waals surface area contributed by atoms with Crippen molar-refractivity contribution < 1.29 is 14.3 Å². The van der Waals surface area contributed by atoms with Gasteiger partial charge in [-0.15, -0.1) is 0 Å². The van der Waals surface area contributed by atoms with Crippen molar-refractivity contribution in [1.82, 2.24) is 5.32 Å². The second-order valence-electron chi connectivity index (χ2n) is 7.21. The fourth-order valence-electron chi connectivity index (χ4n) is 3.60. The van der Waals surface area contributed by atoms with E-state index in [4.69, 9.17) is 0 Å². The first-order valence-electron chi connectivity index (χ1n) is 9.04. The molecule has 1 amide bonds. The largest absolute Gasteiger partial charge is 0.393 e. The Morgan fingerprint density at radius 2 is 2.04 bits per heavy atom. The van der Waals surface area contributed by atoms with Crippen molar-refractivity contribution >= 4 is 11.6 Å². The van der Waals surface area contributed by atoms with E-state index < -0.39 is 0 Å². The summed E-state index contributed by atoms with van der Waals surface area (Å²) in [7, 11) is 0. The van der Waals surface area contributed by atoms with Crippen LogP contribution in [0.4, 0.5) is 10.1 Å². The first-order chi connectivity index (χ1) is 11.5. The first-order valence-corrected chi connectivity index (χ1v) is 9.04. The number of piperidine rings is 1. The molecule has 1 aromatic rings. The molecule has 5 heteroatoms. The van der Waals surface area contributed by atoms with Crippen LogP contribution >= 0.6 is 0 Å². The van der Waals surface area contributed by atoms with Gasteiger partial charge in [0.15, 0.2) is 0 Å². The van der Waals surface area contributed by atoms with Crippen LogP contribution in [-0.4, -0.2) is 30.2 Å². The van der Waals surface area contributed by atoms with E-state index >= 15 is 0 Å². The lowest BCUT2D eigenvalue weighted by molar-refractivity contribution is -0.123. The Morgan fingerprint density at radius 3 is 2.67 bits per heavy atom. The number of benzene rings is 1. The number of halogens is 1. The van der Waals surface area contributed by atoms with Gasteiger partial charge in [-0.1, -0.05) is 6.42 Å². The van der Waals surface area contributed by atoms with Gasteiger partial charge in [0.1, 0.15) is 5.82 Å². The molecule has 3 rings (SSSR count). The van der Waals surface area contributed by atoms with Crippen molar-refractivity contribution in [2.75, 3.05) is 18.0 Å². The number of rotatable bonds is 5. The van der Waals surface area contributed by atoms with Gasteiger partial charge in [-0.05, 0) is 56.7 Å². The number of carbonyl (C=O) groups is 1. The van der Waals surface area contributed by atoms with Crippen molar-refractivity contribution in [3.05, 3.63) is 29.6 Å². The third kappa shape index (κ3) is 4.07.